The van der Waals surface area contributed by atoms with Crippen molar-refractivity contribution in [2.75, 3.05) is 6.61 Å². The van der Waals surface area contributed by atoms with E-state index in [1.807, 2.05) is 61.5 Å². The number of halogens is 2. The molecule has 0 amide bonds. The summed E-state index contributed by atoms with van der Waals surface area (Å²) in [6.45, 7) is 2.58. The van der Waals surface area contributed by atoms with Crippen molar-refractivity contribution in [3.8, 4) is 11.5 Å². The summed E-state index contributed by atoms with van der Waals surface area (Å²) in [4.78, 5) is 18.3. The molecule has 5 rings (SSSR count). The van der Waals surface area contributed by atoms with Crippen molar-refractivity contribution in [3.63, 3.8) is 0 Å². The van der Waals surface area contributed by atoms with Gasteiger partial charge in [0.2, 0.25) is 0 Å². The minimum atomic E-state index is -0.114. The Balaban J connectivity index is 1.54. The molecule has 0 aliphatic heterocycles. The Labute approximate surface area is 203 Å². The van der Waals surface area contributed by atoms with Gasteiger partial charge in [0.1, 0.15) is 6.61 Å². The van der Waals surface area contributed by atoms with E-state index in [4.69, 9.17) is 32.7 Å². The van der Waals surface area contributed by atoms with Gasteiger partial charge in [-0.1, -0.05) is 64.9 Å². The van der Waals surface area contributed by atoms with E-state index >= 15 is 0 Å². The normalized spacial score (nSPS) is 12.0. The van der Waals surface area contributed by atoms with E-state index in [1.54, 1.807) is 16.5 Å². The molecule has 2 heterocycles. The highest BCUT2D eigenvalue weighted by atomic mass is 35.5. The summed E-state index contributed by atoms with van der Waals surface area (Å²) < 4.78 is 14.0. The summed E-state index contributed by atoms with van der Waals surface area (Å²) in [5.74, 6) is 0.937. The Morgan fingerprint density at radius 3 is 2.64 bits per heavy atom. The van der Waals surface area contributed by atoms with Crippen LogP contribution >= 0.6 is 34.5 Å². The molecular weight excluding hydrogens is 479 g/mol. The van der Waals surface area contributed by atoms with Crippen molar-refractivity contribution >= 4 is 56.6 Å². The van der Waals surface area contributed by atoms with Crippen LogP contribution in [0.1, 0.15) is 18.1 Å². The van der Waals surface area contributed by atoms with Crippen molar-refractivity contribution in [3.05, 3.63) is 96.7 Å². The highest BCUT2D eigenvalue weighted by Crippen LogP contribution is 2.38. The van der Waals surface area contributed by atoms with Crippen molar-refractivity contribution in [1.82, 2.24) is 9.38 Å². The predicted molar refractivity (Wildman–Crippen MR) is 134 cm³/mol. The van der Waals surface area contributed by atoms with Gasteiger partial charge in [-0.05, 0) is 48.9 Å². The highest BCUT2D eigenvalue weighted by Gasteiger charge is 2.15. The van der Waals surface area contributed by atoms with Crippen LogP contribution in [0.15, 0.2) is 65.5 Å². The van der Waals surface area contributed by atoms with E-state index in [-0.39, 0.29) is 12.2 Å². The maximum Gasteiger partial charge on any atom is 0.274 e. The Hall–Kier alpha value is -3.06. The van der Waals surface area contributed by atoms with E-state index in [0.29, 0.717) is 37.6 Å². The van der Waals surface area contributed by atoms with Crippen LogP contribution in [0.3, 0.4) is 0 Å². The van der Waals surface area contributed by atoms with Crippen LogP contribution in [0, 0.1) is 0 Å². The number of imidazole rings is 1. The lowest BCUT2D eigenvalue weighted by atomic mass is 10.2. The number of para-hydroxylation sites is 2. The molecule has 0 aliphatic carbocycles. The first kappa shape index (κ1) is 21.8. The molecule has 0 unspecified atom stereocenters. The zero-order valence-electron chi connectivity index (χ0n) is 17.5. The second kappa shape index (κ2) is 9.06. The summed E-state index contributed by atoms with van der Waals surface area (Å²) in [6.07, 6.45) is 1.79. The molecule has 0 bridgehead atoms. The third-order valence-electron chi connectivity index (χ3n) is 5.10. The molecule has 3 aromatic carbocycles. The van der Waals surface area contributed by atoms with Crippen LogP contribution in [0.2, 0.25) is 10.0 Å². The first-order valence-corrected chi connectivity index (χ1v) is 11.9. The van der Waals surface area contributed by atoms with Crippen molar-refractivity contribution < 1.29 is 9.47 Å². The number of aromatic nitrogens is 2. The van der Waals surface area contributed by atoms with Crippen LogP contribution in [-0.4, -0.2) is 16.0 Å². The topological polar surface area (TPSA) is 52.8 Å². The zero-order chi connectivity index (χ0) is 22.9. The molecule has 5 nitrogen and oxygen atoms in total. The minimum absolute atomic E-state index is 0.114. The SMILES string of the molecule is CCOc1cc(/C=c2\sc3nc4ccccc4n3c2=O)cc(Cl)c1OCc1ccccc1Cl. The molecule has 8 heteroatoms. The lowest BCUT2D eigenvalue weighted by Crippen LogP contribution is -2.22. The molecule has 0 N–H and O–H groups in total. The van der Waals surface area contributed by atoms with Crippen LogP contribution < -0.4 is 19.6 Å². The number of fused-ring (bicyclic) bond motifs is 3. The van der Waals surface area contributed by atoms with E-state index in [1.165, 1.54) is 11.3 Å². The summed E-state index contributed by atoms with van der Waals surface area (Å²) in [5, 5.41) is 1.01. The van der Waals surface area contributed by atoms with Crippen LogP contribution in [0.25, 0.3) is 22.1 Å². The summed E-state index contributed by atoms with van der Waals surface area (Å²) in [6, 6.07) is 18.6. The van der Waals surface area contributed by atoms with Gasteiger partial charge in [0.05, 0.1) is 27.2 Å². The molecular formula is C25H18Cl2N2O3S. The Bertz CT molecular complexity index is 1590. The Kier molecular flexibility index (Phi) is 5.98. The van der Waals surface area contributed by atoms with Gasteiger partial charge in [-0.2, -0.15) is 0 Å². The second-order valence-electron chi connectivity index (χ2n) is 7.28. The molecule has 166 valence electrons. The molecule has 33 heavy (non-hydrogen) atoms. The first-order valence-electron chi connectivity index (χ1n) is 10.3. The fourth-order valence-electron chi connectivity index (χ4n) is 3.60. The fraction of sp³-hybridized carbons (Fsp3) is 0.120. The fourth-order valence-corrected chi connectivity index (χ4v) is 5.05. The number of ether oxygens (including phenoxy) is 2. The third kappa shape index (κ3) is 4.17. The quantitative estimate of drug-likeness (QED) is 0.300. The smallest absolute Gasteiger partial charge is 0.274 e. The molecule has 0 atom stereocenters. The maximum absolute atomic E-state index is 13.1. The zero-order valence-corrected chi connectivity index (χ0v) is 19.9. The van der Waals surface area contributed by atoms with Crippen LogP contribution in [0.5, 0.6) is 11.5 Å². The summed E-state index contributed by atoms with van der Waals surface area (Å²) in [5.41, 5.74) is 3.06. The lowest BCUT2D eigenvalue weighted by molar-refractivity contribution is 0.269. The number of nitrogens with zero attached hydrogens (tertiary/aromatic N) is 2. The molecule has 2 aromatic heterocycles. The standard InChI is InChI=1S/C25H18Cl2N2O3S/c1-2-31-21-12-15(11-18(27)23(21)32-14-16-7-3-4-8-17(16)26)13-22-24(30)29-20-10-6-5-9-19(20)28-25(29)33-22/h3-13H,2,14H2,1H3/b22-13-. The largest absolute Gasteiger partial charge is 0.490 e. The molecule has 5 aromatic rings. The molecule has 0 saturated carbocycles. The summed E-state index contributed by atoms with van der Waals surface area (Å²) in [7, 11) is 0. The second-order valence-corrected chi connectivity index (χ2v) is 9.10. The van der Waals surface area contributed by atoms with E-state index < -0.39 is 0 Å². The number of benzene rings is 3. The van der Waals surface area contributed by atoms with E-state index in [9.17, 15) is 4.79 Å². The van der Waals surface area contributed by atoms with Gasteiger partial charge >= 0.3 is 0 Å². The number of thiazole rings is 1. The number of rotatable bonds is 6. The van der Waals surface area contributed by atoms with Gasteiger partial charge in [-0.15, -0.1) is 0 Å². The third-order valence-corrected chi connectivity index (χ3v) is 6.72. The molecule has 0 aliphatic rings. The Morgan fingerprint density at radius 2 is 1.82 bits per heavy atom. The van der Waals surface area contributed by atoms with Crippen molar-refractivity contribution in [2.45, 2.75) is 13.5 Å². The molecule has 0 saturated heterocycles. The van der Waals surface area contributed by atoms with Crippen molar-refractivity contribution in [1.29, 1.82) is 0 Å². The van der Waals surface area contributed by atoms with Gasteiger partial charge in [0.25, 0.3) is 5.56 Å². The predicted octanol–water partition coefficient (Wildman–Crippen LogP) is 5.74. The molecule has 0 spiro atoms. The number of hydrogen-bond donors (Lipinski definition) is 0. The average molecular weight is 497 g/mol. The monoisotopic (exact) mass is 496 g/mol. The highest BCUT2D eigenvalue weighted by molar-refractivity contribution is 7.15. The lowest BCUT2D eigenvalue weighted by Gasteiger charge is -2.15. The van der Waals surface area contributed by atoms with Gasteiger partial charge in [-0.3, -0.25) is 4.79 Å². The van der Waals surface area contributed by atoms with Crippen LogP contribution in [-0.2, 0) is 6.61 Å². The average Bonchev–Trinajstić information content (AvgIpc) is 3.30. The van der Waals surface area contributed by atoms with Gasteiger partial charge in [0, 0.05) is 10.6 Å². The van der Waals surface area contributed by atoms with Crippen LogP contribution in [0.4, 0.5) is 0 Å². The van der Waals surface area contributed by atoms with Gasteiger partial charge < -0.3 is 9.47 Å². The van der Waals surface area contributed by atoms with E-state index in [0.717, 1.165) is 22.2 Å². The Morgan fingerprint density at radius 1 is 1.03 bits per heavy atom. The number of hydrogen-bond acceptors (Lipinski definition) is 5. The minimum Gasteiger partial charge on any atom is -0.490 e. The van der Waals surface area contributed by atoms with Gasteiger partial charge in [0.15, 0.2) is 16.5 Å². The first-order chi connectivity index (χ1) is 16.0. The summed E-state index contributed by atoms with van der Waals surface area (Å²) >= 11 is 14.1. The molecule has 0 fully saturated rings. The maximum atomic E-state index is 13.1. The van der Waals surface area contributed by atoms with Gasteiger partial charge in [-0.25, -0.2) is 9.38 Å². The molecule has 0 radical (unpaired) electrons. The van der Waals surface area contributed by atoms with Crippen molar-refractivity contribution in [2.24, 2.45) is 0 Å². The van der Waals surface area contributed by atoms with E-state index in [2.05, 4.69) is 4.98 Å².